The summed E-state index contributed by atoms with van der Waals surface area (Å²) >= 11 is 0. The molecule has 15 heavy (non-hydrogen) atoms. The van der Waals surface area contributed by atoms with Crippen molar-refractivity contribution in [2.75, 3.05) is 0 Å². The number of aromatic carboxylic acids is 1. The fourth-order valence-corrected chi connectivity index (χ4v) is 1.03. The van der Waals surface area contributed by atoms with Crippen LogP contribution in [0.15, 0.2) is 0 Å². The van der Waals surface area contributed by atoms with Gasteiger partial charge in [0.2, 0.25) is 0 Å². The Kier molecular flexibility index (Phi) is 2.92. The molecule has 1 aromatic carbocycles. The third-order valence-electron chi connectivity index (χ3n) is 1.71. The fourth-order valence-electron chi connectivity index (χ4n) is 1.03. The number of carboxylic acid groups (broad SMARTS) is 1. The highest BCUT2D eigenvalue weighted by molar-refractivity contribution is 5.89. The number of rotatable bonds is 2. The molecule has 0 aromatic heterocycles. The zero-order valence-corrected chi connectivity index (χ0v) is 6.95. The van der Waals surface area contributed by atoms with E-state index < -0.39 is 47.0 Å². The van der Waals surface area contributed by atoms with Gasteiger partial charge in [-0.2, -0.15) is 0 Å². The van der Waals surface area contributed by atoms with Gasteiger partial charge in [0.1, 0.15) is 12.2 Å². The molecular weight excluding hydrogens is 223 g/mol. The van der Waals surface area contributed by atoms with Gasteiger partial charge >= 0.3 is 5.97 Å². The number of alkyl halides is 1. The lowest BCUT2D eigenvalue weighted by Crippen LogP contribution is -2.12. The summed E-state index contributed by atoms with van der Waals surface area (Å²) in [5.74, 6) is -10.7. The lowest BCUT2D eigenvalue weighted by atomic mass is 10.1. The maximum Gasteiger partial charge on any atom is 0.339 e. The quantitative estimate of drug-likeness (QED) is 0.477. The Hall–Kier alpha value is -1.66. The molecule has 0 fully saturated rings. The van der Waals surface area contributed by atoms with Gasteiger partial charge in [0.25, 0.3) is 0 Å². The normalized spacial score (nSPS) is 10.5. The molecule has 0 amide bonds. The van der Waals surface area contributed by atoms with Crippen molar-refractivity contribution >= 4 is 5.97 Å². The van der Waals surface area contributed by atoms with E-state index in [0.717, 1.165) is 0 Å². The van der Waals surface area contributed by atoms with Crippen molar-refractivity contribution in [2.24, 2.45) is 0 Å². The summed E-state index contributed by atoms with van der Waals surface area (Å²) < 4.78 is 62.8. The van der Waals surface area contributed by atoms with Crippen LogP contribution in [0.4, 0.5) is 22.0 Å². The van der Waals surface area contributed by atoms with E-state index in [-0.39, 0.29) is 0 Å². The van der Waals surface area contributed by atoms with Gasteiger partial charge in [0.15, 0.2) is 23.3 Å². The first kappa shape index (κ1) is 11.4. The fraction of sp³-hybridized carbons (Fsp3) is 0.125. The average molecular weight is 226 g/mol. The Balaban J connectivity index is 3.70. The van der Waals surface area contributed by atoms with E-state index in [1.54, 1.807) is 0 Å². The third kappa shape index (κ3) is 1.64. The molecule has 0 spiro atoms. The molecule has 82 valence electrons. The van der Waals surface area contributed by atoms with Crippen LogP contribution in [-0.4, -0.2) is 11.1 Å². The van der Waals surface area contributed by atoms with E-state index in [4.69, 9.17) is 5.11 Å². The first-order chi connectivity index (χ1) is 6.91. The van der Waals surface area contributed by atoms with Crippen molar-refractivity contribution in [3.8, 4) is 0 Å². The van der Waals surface area contributed by atoms with Crippen LogP contribution < -0.4 is 0 Å². The molecule has 0 aliphatic heterocycles. The molecule has 0 aliphatic rings. The van der Waals surface area contributed by atoms with Gasteiger partial charge in [-0.1, -0.05) is 0 Å². The SMILES string of the molecule is O=C(O)c1c(F)c(F)c(F)c(F)c1CF. The summed E-state index contributed by atoms with van der Waals surface area (Å²) in [5.41, 5.74) is -2.88. The predicted molar refractivity (Wildman–Crippen MR) is 38.0 cm³/mol. The van der Waals surface area contributed by atoms with E-state index in [1.807, 2.05) is 0 Å². The van der Waals surface area contributed by atoms with E-state index in [2.05, 4.69) is 0 Å². The molecule has 0 saturated carbocycles. The largest absolute Gasteiger partial charge is 0.478 e. The van der Waals surface area contributed by atoms with E-state index in [0.29, 0.717) is 0 Å². The lowest BCUT2D eigenvalue weighted by molar-refractivity contribution is 0.0686. The molecule has 0 unspecified atom stereocenters. The summed E-state index contributed by atoms with van der Waals surface area (Å²) in [6, 6.07) is 0. The van der Waals surface area contributed by atoms with Crippen molar-refractivity contribution in [3.63, 3.8) is 0 Å². The maximum absolute atomic E-state index is 12.8. The summed E-state index contributed by atoms with van der Waals surface area (Å²) in [6.45, 7) is -1.75. The summed E-state index contributed by atoms with van der Waals surface area (Å²) in [5, 5.41) is 8.35. The second-order valence-electron chi connectivity index (χ2n) is 2.55. The first-order valence-electron chi connectivity index (χ1n) is 3.55. The van der Waals surface area contributed by atoms with Gasteiger partial charge < -0.3 is 5.11 Å². The minimum atomic E-state index is -2.28. The van der Waals surface area contributed by atoms with Crippen molar-refractivity contribution < 1.29 is 31.9 Å². The molecule has 0 saturated heterocycles. The highest BCUT2D eigenvalue weighted by Crippen LogP contribution is 2.24. The van der Waals surface area contributed by atoms with Crippen molar-refractivity contribution in [1.82, 2.24) is 0 Å². The highest BCUT2D eigenvalue weighted by atomic mass is 19.2. The zero-order valence-electron chi connectivity index (χ0n) is 6.95. The number of hydrogen-bond donors (Lipinski definition) is 1. The third-order valence-corrected chi connectivity index (χ3v) is 1.71. The molecule has 1 rings (SSSR count). The van der Waals surface area contributed by atoms with Crippen LogP contribution in [0, 0.1) is 23.3 Å². The predicted octanol–water partition coefficient (Wildman–Crippen LogP) is 2.41. The molecule has 0 heterocycles. The van der Waals surface area contributed by atoms with Crippen molar-refractivity contribution in [2.45, 2.75) is 6.67 Å². The molecule has 0 radical (unpaired) electrons. The summed E-state index contributed by atoms with van der Waals surface area (Å²) in [4.78, 5) is 10.4. The van der Waals surface area contributed by atoms with Crippen LogP contribution in [0.1, 0.15) is 15.9 Å². The number of carboxylic acids is 1. The minimum absolute atomic E-state index is 1.35. The minimum Gasteiger partial charge on any atom is -0.478 e. The molecule has 1 N–H and O–H groups in total. The maximum atomic E-state index is 12.8. The number of benzene rings is 1. The Bertz CT molecular complexity index is 430. The molecule has 0 aliphatic carbocycles. The first-order valence-corrected chi connectivity index (χ1v) is 3.55. The van der Waals surface area contributed by atoms with Crippen molar-refractivity contribution in [1.29, 1.82) is 0 Å². The van der Waals surface area contributed by atoms with Gasteiger partial charge in [0.05, 0.1) is 0 Å². The topological polar surface area (TPSA) is 37.3 Å². The van der Waals surface area contributed by atoms with E-state index in [1.165, 1.54) is 0 Å². The van der Waals surface area contributed by atoms with Gasteiger partial charge in [-0.15, -0.1) is 0 Å². The van der Waals surface area contributed by atoms with E-state index in [9.17, 15) is 26.7 Å². The lowest BCUT2D eigenvalue weighted by Gasteiger charge is -2.07. The Labute approximate surface area is 79.9 Å². The van der Waals surface area contributed by atoms with Gasteiger partial charge in [-0.05, 0) is 0 Å². The average Bonchev–Trinajstić information content (AvgIpc) is 2.19. The van der Waals surface area contributed by atoms with Crippen LogP contribution in [0.25, 0.3) is 0 Å². The Morgan fingerprint density at radius 3 is 1.87 bits per heavy atom. The second kappa shape index (κ2) is 3.84. The smallest absolute Gasteiger partial charge is 0.339 e. The van der Waals surface area contributed by atoms with Gasteiger partial charge in [0, 0.05) is 5.56 Å². The second-order valence-corrected chi connectivity index (χ2v) is 2.55. The van der Waals surface area contributed by atoms with Crippen LogP contribution in [-0.2, 0) is 6.67 Å². The summed E-state index contributed by atoms with van der Waals surface area (Å²) in [6.07, 6.45) is 0. The highest BCUT2D eigenvalue weighted by Gasteiger charge is 2.28. The Morgan fingerprint density at radius 2 is 1.47 bits per heavy atom. The number of hydrogen-bond acceptors (Lipinski definition) is 1. The van der Waals surface area contributed by atoms with Gasteiger partial charge in [-0.25, -0.2) is 26.7 Å². The molecule has 7 heteroatoms. The van der Waals surface area contributed by atoms with Gasteiger partial charge in [-0.3, -0.25) is 0 Å². The molecule has 2 nitrogen and oxygen atoms in total. The molecule has 0 atom stereocenters. The van der Waals surface area contributed by atoms with Crippen molar-refractivity contribution in [3.05, 3.63) is 34.4 Å². The number of carbonyl (C=O) groups is 1. The standard InChI is InChI=1S/C8H3F5O2/c9-1-2-3(8(14)15)5(11)7(13)6(12)4(2)10/h1H2,(H,14,15). The van der Waals surface area contributed by atoms with Crippen LogP contribution >= 0.6 is 0 Å². The summed E-state index contributed by atoms with van der Waals surface area (Å²) in [7, 11) is 0. The zero-order chi connectivity index (χ0) is 11.7. The molecule has 1 aromatic rings. The Morgan fingerprint density at radius 1 is 1.00 bits per heavy atom. The van der Waals surface area contributed by atoms with E-state index >= 15 is 0 Å². The van der Waals surface area contributed by atoms with Crippen LogP contribution in [0.2, 0.25) is 0 Å². The molecular formula is C8H3F5O2. The van der Waals surface area contributed by atoms with Crippen LogP contribution in [0.3, 0.4) is 0 Å². The monoisotopic (exact) mass is 226 g/mol. The molecule has 0 bridgehead atoms. The van der Waals surface area contributed by atoms with Crippen LogP contribution in [0.5, 0.6) is 0 Å². The number of halogens is 5.